The lowest BCUT2D eigenvalue weighted by molar-refractivity contribution is -0.140. The first-order chi connectivity index (χ1) is 7.02. The van der Waals surface area contributed by atoms with Crippen molar-refractivity contribution in [3.05, 3.63) is 0 Å². The molecule has 1 aliphatic rings. The first kappa shape index (κ1) is 12.2. The number of amides is 2. The van der Waals surface area contributed by atoms with E-state index in [0.717, 1.165) is 5.75 Å². The van der Waals surface area contributed by atoms with Crippen LogP contribution in [0.5, 0.6) is 0 Å². The van der Waals surface area contributed by atoms with Gasteiger partial charge in [0.05, 0.1) is 0 Å². The Balaban J connectivity index is 2.38. The van der Waals surface area contributed by atoms with Crippen LogP contribution in [0, 0.1) is 0 Å². The fourth-order valence-electron chi connectivity index (χ4n) is 1.15. The van der Waals surface area contributed by atoms with Crippen LogP contribution in [0.4, 0.5) is 4.79 Å². The standard InChI is InChI=1S/C9H16N2O3S/c1-11(5-6-15-2)8(14)10-9(3-4-9)7(12)13/h3-6H2,1-2H3,(H,10,14)(H,12,13). The Morgan fingerprint density at radius 2 is 2.13 bits per heavy atom. The second kappa shape index (κ2) is 4.74. The molecule has 5 nitrogen and oxygen atoms in total. The lowest BCUT2D eigenvalue weighted by Gasteiger charge is -2.20. The van der Waals surface area contributed by atoms with Crippen molar-refractivity contribution in [1.29, 1.82) is 0 Å². The summed E-state index contributed by atoms with van der Waals surface area (Å²) in [7, 11) is 1.67. The molecule has 86 valence electrons. The van der Waals surface area contributed by atoms with Gasteiger partial charge in [-0.15, -0.1) is 0 Å². The highest BCUT2D eigenvalue weighted by Crippen LogP contribution is 2.35. The van der Waals surface area contributed by atoms with Crippen molar-refractivity contribution in [2.75, 3.05) is 25.6 Å². The number of urea groups is 1. The van der Waals surface area contributed by atoms with Gasteiger partial charge in [0.1, 0.15) is 5.54 Å². The summed E-state index contributed by atoms with van der Waals surface area (Å²) in [5.74, 6) is -0.0848. The van der Waals surface area contributed by atoms with Crippen LogP contribution in [0.25, 0.3) is 0 Å². The van der Waals surface area contributed by atoms with E-state index < -0.39 is 11.5 Å². The van der Waals surface area contributed by atoms with Gasteiger partial charge >= 0.3 is 12.0 Å². The Kier molecular flexibility index (Phi) is 3.84. The third kappa shape index (κ3) is 3.02. The van der Waals surface area contributed by atoms with Crippen molar-refractivity contribution in [2.45, 2.75) is 18.4 Å². The lowest BCUT2D eigenvalue weighted by atomic mass is 10.3. The number of thioether (sulfide) groups is 1. The number of carbonyl (C=O) groups excluding carboxylic acids is 1. The van der Waals surface area contributed by atoms with Gasteiger partial charge in [0.2, 0.25) is 0 Å². The lowest BCUT2D eigenvalue weighted by Crippen LogP contribution is -2.48. The molecule has 2 amide bonds. The molecule has 0 aromatic heterocycles. The molecular formula is C9H16N2O3S. The maximum Gasteiger partial charge on any atom is 0.329 e. The number of nitrogens with zero attached hydrogens (tertiary/aromatic N) is 1. The van der Waals surface area contributed by atoms with Gasteiger partial charge in [-0.05, 0) is 19.1 Å². The molecule has 15 heavy (non-hydrogen) atoms. The van der Waals surface area contributed by atoms with Crippen LogP contribution in [-0.4, -0.2) is 53.1 Å². The molecule has 1 rings (SSSR count). The minimum atomic E-state index is -0.981. The van der Waals surface area contributed by atoms with Gasteiger partial charge < -0.3 is 15.3 Å². The van der Waals surface area contributed by atoms with E-state index in [1.807, 2.05) is 6.26 Å². The molecule has 2 N–H and O–H groups in total. The molecule has 0 bridgehead atoms. The Morgan fingerprint density at radius 1 is 1.53 bits per heavy atom. The third-order valence-electron chi connectivity index (χ3n) is 2.48. The maximum atomic E-state index is 11.6. The van der Waals surface area contributed by atoms with E-state index in [1.165, 1.54) is 4.90 Å². The maximum absolute atomic E-state index is 11.6. The van der Waals surface area contributed by atoms with Gasteiger partial charge in [-0.3, -0.25) is 0 Å². The van der Waals surface area contributed by atoms with Gasteiger partial charge in [0, 0.05) is 19.3 Å². The second-order valence-corrected chi connectivity index (χ2v) is 4.72. The molecule has 0 unspecified atom stereocenters. The second-order valence-electron chi connectivity index (χ2n) is 3.73. The Hall–Kier alpha value is -0.910. The van der Waals surface area contributed by atoms with E-state index in [9.17, 15) is 9.59 Å². The van der Waals surface area contributed by atoms with Gasteiger partial charge in [-0.1, -0.05) is 0 Å². The van der Waals surface area contributed by atoms with Crippen molar-refractivity contribution >= 4 is 23.8 Å². The highest BCUT2D eigenvalue weighted by Gasteiger charge is 2.52. The summed E-state index contributed by atoms with van der Waals surface area (Å²) < 4.78 is 0. The zero-order valence-electron chi connectivity index (χ0n) is 8.95. The normalized spacial score (nSPS) is 16.9. The van der Waals surface area contributed by atoms with E-state index >= 15 is 0 Å². The van der Waals surface area contributed by atoms with Crippen LogP contribution in [0.2, 0.25) is 0 Å². The molecule has 1 saturated carbocycles. The minimum Gasteiger partial charge on any atom is -0.480 e. The smallest absolute Gasteiger partial charge is 0.329 e. The summed E-state index contributed by atoms with van der Waals surface area (Å²) in [5.41, 5.74) is -0.981. The number of carboxylic acids is 1. The van der Waals surface area contributed by atoms with Gasteiger partial charge in [-0.25, -0.2) is 9.59 Å². The predicted molar refractivity (Wildman–Crippen MR) is 59.1 cm³/mol. The zero-order valence-corrected chi connectivity index (χ0v) is 9.76. The number of aliphatic carboxylic acids is 1. The third-order valence-corrected chi connectivity index (χ3v) is 3.07. The van der Waals surface area contributed by atoms with Crippen LogP contribution in [-0.2, 0) is 4.79 Å². The SMILES string of the molecule is CSCCN(C)C(=O)NC1(C(=O)O)CC1. The molecule has 1 aliphatic carbocycles. The summed E-state index contributed by atoms with van der Waals surface area (Å²) in [4.78, 5) is 23.9. The van der Waals surface area contributed by atoms with E-state index in [1.54, 1.807) is 18.8 Å². The largest absolute Gasteiger partial charge is 0.480 e. The van der Waals surface area contributed by atoms with E-state index in [-0.39, 0.29) is 6.03 Å². The van der Waals surface area contributed by atoms with Crippen LogP contribution in [0.15, 0.2) is 0 Å². The van der Waals surface area contributed by atoms with Crippen molar-refractivity contribution < 1.29 is 14.7 Å². The summed E-state index contributed by atoms with van der Waals surface area (Å²) in [6.45, 7) is 0.628. The summed E-state index contributed by atoms with van der Waals surface area (Å²) in [6, 6.07) is -0.302. The fourth-order valence-corrected chi connectivity index (χ4v) is 1.60. The van der Waals surface area contributed by atoms with Crippen LogP contribution in [0.3, 0.4) is 0 Å². The molecule has 0 heterocycles. The molecule has 0 saturated heterocycles. The number of hydrogen-bond donors (Lipinski definition) is 2. The van der Waals surface area contributed by atoms with Gasteiger partial charge in [0.15, 0.2) is 0 Å². The Morgan fingerprint density at radius 3 is 2.53 bits per heavy atom. The molecular weight excluding hydrogens is 216 g/mol. The highest BCUT2D eigenvalue weighted by molar-refractivity contribution is 7.98. The fraction of sp³-hybridized carbons (Fsp3) is 0.778. The summed E-state index contributed by atoms with van der Waals surface area (Å²) in [5, 5.41) is 11.4. The Labute approximate surface area is 93.2 Å². The number of hydrogen-bond acceptors (Lipinski definition) is 3. The molecule has 6 heteroatoms. The molecule has 0 aromatic carbocycles. The molecule has 0 aromatic rings. The van der Waals surface area contributed by atoms with E-state index in [4.69, 9.17) is 5.11 Å². The van der Waals surface area contributed by atoms with Crippen molar-refractivity contribution in [3.63, 3.8) is 0 Å². The number of rotatable bonds is 5. The summed E-state index contributed by atoms with van der Waals surface area (Å²) in [6.07, 6.45) is 3.03. The monoisotopic (exact) mass is 232 g/mol. The first-order valence-electron chi connectivity index (χ1n) is 4.77. The van der Waals surface area contributed by atoms with Crippen molar-refractivity contribution in [2.24, 2.45) is 0 Å². The first-order valence-corrected chi connectivity index (χ1v) is 6.17. The molecule has 0 radical (unpaired) electrons. The molecule has 0 spiro atoms. The predicted octanol–water partition coefficient (Wildman–Crippen LogP) is 0.608. The van der Waals surface area contributed by atoms with Crippen LogP contribution in [0.1, 0.15) is 12.8 Å². The molecule has 1 fully saturated rings. The van der Waals surface area contributed by atoms with Crippen LogP contribution < -0.4 is 5.32 Å². The van der Waals surface area contributed by atoms with Gasteiger partial charge in [-0.2, -0.15) is 11.8 Å². The highest BCUT2D eigenvalue weighted by atomic mass is 32.2. The van der Waals surface area contributed by atoms with E-state index in [0.29, 0.717) is 19.4 Å². The summed E-state index contributed by atoms with van der Waals surface area (Å²) >= 11 is 1.65. The molecule has 0 aliphatic heterocycles. The topological polar surface area (TPSA) is 69.6 Å². The quantitative estimate of drug-likeness (QED) is 0.728. The molecule has 0 atom stereocenters. The number of carbonyl (C=O) groups is 2. The zero-order chi connectivity index (χ0) is 11.5. The van der Waals surface area contributed by atoms with Crippen molar-refractivity contribution in [1.82, 2.24) is 10.2 Å². The average molecular weight is 232 g/mol. The van der Waals surface area contributed by atoms with Crippen molar-refractivity contribution in [3.8, 4) is 0 Å². The average Bonchev–Trinajstić information content (AvgIpc) is 2.95. The van der Waals surface area contributed by atoms with Crippen LogP contribution >= 0.6 is 11.8 Å². The van der Waals surface area contributed by atoms with Gasteiger partial charge in [0.25, 0.3) is 0 Å². The van der Waals surface area contributed by atoms with E-state index in [2.05, 4.69) is 5.32 Å². The number of nitrogens with one attached hydrogen (secondary N) is 1. The number of carboxylic acid groups (broad SMARTS) is 1. The Bertz CT molecular complexity index is 266. The minimum absolute atomic E-state index is 0.302.